The number of nitrogens with one attached hydrogen (secondary N) is 1. The van der Waals surface area contributed by atoms with Crippen molar-refractivity contribution < 1.29 is 14.3 Å². The Kier molecular flexibility index (Phi) is 7.86. The first-order valence-electron chi connectivity index (χ1n) is 12.6. The number of anilines is 1. The highest BCUT2D eigenvalue weighted by Crippen LogP contribution is 2.47. The molecule has 0 unspecified atom stereocenters. The van der Waals surface area contributed by atoms with E-state index in [2.05, 4.69) is 5.32 Å². The summed E-state index contributed by atoms with van der Waals surface area (Å²) in [5, 5.41) is 6.02. The van der Waals surface area contributed by atoms with Crippen LogP contribution in [0.1, 0.15) is 10.4 Å². The molecular formula is C34H28NO3P. The van der Waals surface area contributed by atoms with Crippen LogP contribution < -0.4 is 26.0 Å². The fourth-order valence-corrected chi connectivity index (χ4v) is 9.11. The van der Waals surface area contributed by atoms with Crippen LogP contribution in [-0.2, 0) is 4.79 Å². The van der Waals surface area contributed by atoms with Gasteiger partial charge >= 0.3 is 0 Å². The van der Waals surface area contributed by atoms with E-state index in [1.165, 1.54) is 0 Å². The molecule has 0 aliphatic heterocycles. The second-order valence-electron chi connectivity index (χ2n) is 8.90. The maximum Gasteiger partial charge on any atom is 0.260 e. The normalized spacial score (nSPS) is 10.9. The predicted molar refractivity (Wildman–Crippen MR) is 163 cm³/mol. The third kappa shape index (κ3) is 5.20. The fourth-order valence-electron chi connectivity index (χ4n) is 4.79. The van der Waals surface area contributed by atoms with E-state index in [0.717, 1.165) is 15.9 Å². The van der Waals surface area contributed by atoms with Crippen LogP contribution in [0.25, 0.3) is 0 Å². The van der Waals surface area contributed by atoms with E-state index in [1.807, 2.05) is 109 Å². The van der Waals surface area contributed by atoms with Crippen LogP contribution in [-0.4, -0.2) is 24.1 Å². The molecule has 0 saturated heterocycles. The van der Waals surface area contributed by atoms with E-state index < -0.39 is 12.8 Å². The Hall–Kier alpha value is -4.66. The zero-order valence-electron chi connectivity index (χ0n) is 21.5. The highest BCUT2D eigenvalue weighted by molar-refractivity contribution is 7.97. The zero-order chi connectivity index (χ0) is 27.1. The molecule has 4 nitrogen and oxygen atoms in total. The number of amides is 1. The molecule has 0 spiro atoms. The van der Waals surface area contributed by atoms with E-state index >= 15 is 0 Å². The van der Waals surface area contributed by atoms with Gasteiger partial charge in [-0.05, 0) is 47.1 Å². The average molecular weight is 530 g/mol. The SMILES string of the molecule is COc1ccc(NC(=O)C(C(=O)c2ccccc2)=P(c2ccccc2)(c2ccccc2)c2ccccc2)cc1. The van der Waals surface area contributed by atoms with Gasteiger partial charge < -0.3 is 10.1 Å². The predicted octanol–water partition coefficient (Wildman–Crippen LogP) is 5.68. The van der Waals surface area contributed by atoms with Crippen LogP contribution in [0.2, 0.25) is 0 Å². The Morgan fingerprint density at radius 3 is 1.38 bits per heavy atom. The lowest BCUT2D eigenvalue weighted by molar-refractivity contribution is -0.110. The van der Waals surface area contributed by atoms with Gasteiger partial charge in [-0.1, -0.05) is 121 Å². The number of Topliss-reactive ketones (excluding diaryl/α,β-unsaturated/α-hetero) is 1. The first-order chi connectivity index (χ1) is 19.1. The molecule has 0 aliphatic rings. The lowest BCUT2D eigenvalue weighted by Crippen LogP contribution is -2.40. The third-order valence-corrected chi connectivity index (χ3v) is 10.9. The smallest absolute Gasteiger partial charge is 0.260 e. The highest BCUT2D eigenvalue weighted by Gasteiger charge is 2.37. The number of rotatable bonds is 8. The van der Waals surface area contributed by atoms with Gasteiger partial charge in [-0.2, -0.15) is 0 Å². The van der Waals surface area contributed by atoms with Crippen molar-refractivity contribution in [3.8, 4) is 5.75 Å². The molecule has 5 rings (SSSR count). The number of benzene rings is 5. The summed E-state index contributed by atoms with van der Waals surface area (Å²) >= 11 is 0. The Morgan fingerprint density at radius 1 is 0.564 bits per heavy atom. The fraction of sp³-hybridized carbons (Fsp3) is 0.0294. The van der Waals surface area contributed by atoms with E-state index in [1.54, 1.807) is 43.5 Å². The summed E-state index contributed by atoms with van der Waals surface area (Å²) in [6.45, 7) is -2.96. The second-order valence-corrected chi connectivity index (χ2v) is 12.2. The molecule has 0 aromatic heterocycles. The number of hydrogen-bond donors (Lipinski definition) is 1. The number of methoxy groups -OCH3 is 1. The summed E-state index contributed by atoms with van der Waals surface area (Å²) < 4.78 is 5.28. The Morgan fingerprint density at radius 2 is 0.974 bits per heavy atom. The minimum Gasteiger partial charge on any atom is -0.497 e. The first kappa shape index (κ1) is 26.0. The first-order valence-corrected chi connectivity index (χ1v) is 14.4. The van der Waals surface area contributed by atoms with Gasteiger partial charge in [0.2, 0.25) is 0 Å². The van der Waals surface area contributed by atoms with Crippen molar-refractivity contribution in [2.45, 2.75) is 0 Å². The monoisotopic (exact) mass is 529 g/mol. The molecule has 0 atom stereocenters. The molecule has 192 valence electrons. The average Bonchev–Trinajstić information content (AvgIpc) is 3.01. The van der Waals surface area contributed by atoms with Gasteiger partial charge in [0.25, 0.3) is 5.91 Å². The van der Waals surface area contributed by atoms with Gasteiger partial charge in [0.05, 0.1) is 12.4 Å². The minimum absolute atomic E-state index is 0.216. The summed E-state index contributed by atoms with van der Waals surface area (Å²) in [6.07, 6.45) is 0. The van der Waals surface area contributed by atoms with E-state index in [9.17, 15) is 9.59 Å². The summed E-state index contributed by atoms with van der Waals surface area (Å²) in [7, 11) is 1.59. The molecule has 0 heterocycles. The minimum atomic E-state index is -2.96. The van der Waals surface area contributed by atoms with Gasteiger partial charge in [-0.25, -0.2) is 0 Å². The summed E-state index contributed by atoms with van der Waals surface area (Å²) in [4.78, 5) is 29.0. The molecule has 0 fully saturated rings. The molecule has 0 bridgehead atoms. The van der Waals surface area contributed by atoms with Crippen LogP contribution in [0.3, 0.4) is 0 Å². The van der Waals surface area contributed by atoms with Crippen LogP contribution >= 0.6 is 6.89 Å². The van der Waals surface area contributed by atoms with Gasteiger partial charge in [0.1, 0.15) is 5.75 Å². The molecular weight excluding hydrogens is 501 g/mol. The standard InChI is InChI=1S/C34H28NO3P/c1-38-28-24-22-27(23-25-28)35-34(37)33(32(36)26-14-6-2-7-15-26)39(29-16-8-3-9-17-29,30-18-10-4-11-19-30)31-20-12-5-13-21-31/h2-25H,1H3,(H,35,37). The summed E-state index contributed by atoms with van der Waals surface area (Å²) in [5.74, 6) is -0.0531. The van der Waals surface area contributed by atoms with Crippen LogP contribution in [0.5, 0.6) is 5.75 Å². The number of hydrogen-bond acceptors (Lipinski definition) is 3. The van der Waals surface area contributed by atoms with Crippen molar-refractivity contribution in [2.24, 2.45) is 0 Å². The molecule has 1 N–H and O–H groups in total. The van der Waals surface area contributed by atoms with Crippen LogP contribution in [0.4, 0.5) is 5.69 Å². The number of ether oxygens (including phenoxy) is 1. The van der Waals surface area contributed by atoms with Crippen molar-refractivity contribution in [3.05, 3.63) is 151 Å². The quantitative estimate of drug-likeness (QED) is 0.160. The number of carbonyl (C=O) groups is 2. The third-order valence-electron chi connectivity index (χ3n) is 6.58. The molecule has 0 aliphatic carbocycles. The van der Waals surface area contributed by atoms with E-state index in [-0.39, 0.29) is 11.1 Å². The molecule has 39 heavy (non-hydrogen) atoms. The molecule has 5 aromatic rings. The highest BCUT2D eigenvalue weighted by atomic mass is 31.2. The van der Waals surface area contributed by atoms with Gasteiger partial charge in [0.15, 0.2) is 5.78 Å². The largest absolute Gasteiger partial charge is 0.497 e. The maximum absolute atomic E-state index is 14.6. The molecule has 0 radical (unpaired) electrons. The Labute approximate surface area is 228 Å². The van der Waals surface area contributed by atoms with Crippen LogP contribution in [0, 0.1) is 0 Å². The summed E-state index contributed by atoms with van der Waals surface area (Å²) in [5.41, 5.74) is 1.04. The number of carbonyl (C=O) groups excluding carboxylic acids is 2. The summed E-state index contributed by atoms with van der Waals surface area (Å²) in [6, 6.07) is 45.9. The lowest BCUT2D eigenvalue weighted by atomic mass is 10.1. The maximum atomic E-state index is 14.6. The van der Waals surface area contributed by atoms with Crippen LogP contribution in [0.15, 0.2) is 146 Å². The van der Waals surface area contributed by atoms with Crippen molar-refractivity contribution in [1.82, 2.24) is 0 Å². The lowest BCUT2D eigenvalue weighted by Gasteiger charge is -2.32. The van der Waals surface area contributed by atoms with Crippen molar-refractivity contribution >= 4 is 45.5 Å². The van der Waals surface area contributed by atoms with Crippen molar-refractivity contribution in [2.75, 3.05) is 12.4 Å². The second kappa shape index (κ2) is 11.8. The van der Waals surface area contributed by atoms with Gasteiger partial charge in [0, 0.05) is 11.3 Å². The topological polar surface area (TPSA) is 55.4 Å². The zero-order valence-corrected chi connectivity index (χ0v) is 22.4. The van der Waals surface area contributed by atoms with Crippen molar-refractivity contribution in [1.29, 1.82) is 0 Å². The molecule has 1 amide bonds. The molecule has 5 aromatic carbocycles. The van der Waals surface area contributed by atoms with Gasteiger partial charge in [-0.3, -0.25) is 9.59 Å². The number of ketones is 1. The van der Waals surface area contributed by atoms with E-state index in [4.69, 9.17) is 4.74 Å². The van der Waals surface area contributed by atoms with E-state index in [0.29, 0.717) is 17.0 Å². The van der Waals surface area contributed by atoms with Gasteiger partial charge in [-0.15, -0.1) is 0 Å². The Balaban J connectivity index is 1.90. The van der Waals surface area contributed by atoms with Crippen molar-refractivity contribution in [3.63, 3.8) is 0 Å². The molecule has 0 saturated carbocycles. The Bertz CT molecular complexity index is 1510. The molecule has 5 heteroatoms.